The average molecular weight is 374 g/mol. The van der Waals surface area contributed by atoms with Gasteiger partial charge < -0.3 is 0 Å². The van der Waals surface area contributed by atoms with Gasteiger partial charge in [-0.3, -0.25) is 0 Å². The van der Waals surface area contributed by atoms with Crippen LogP contribution in [-0.2, 0) is 0 Å². The Morgan fingerprint density at radius 1 is 1.06 bits per heavy atom. The first-order valence-corrected chi connectivity index (χ1v) is 6.80. The summed E-state index contributed by atoms with van der Waals surface area (Å²) < 4.78 is 1.27. The van der Waals surface area contributed by atoms with E-state index in [1.807, 2.05) is 12.1 Å². The summed E-state index contributed by atoms with van der Waals surface area (Å²) in [5.74, 6) is 0. The number of hydrogen-bond donors (Lipinski definition) is 0. The standard InChI is InChI=1S/C9H3As2Cl2N3/c10-8-7(15-16-9(11)14-8)4-2-1-3-5(12)6(4)13/h1-3H. The summed E-state index contributed by atoms with van der Waals surface area (Å²) in [5, 5.41) is 8.90. The third kappa shape index (κ3) is 2.43. The number of halogens is 2. The number of hydrogen-bond acceptors (Lipinski definition) is 3. The van der Waals surface area contributed by atoms with Crippen LogP contribution in [0.1, 0.15) is 0 Å². The molecule has 0 bridgehead atoms. The molecule has 0 N–H and O–H groups in total. The van der Waals surface area contributed by atoms with Crippen molar-refractivity contribution >= 4 is 66.0 Å². The zero-order valence-corrected chi connectivity index (χ0v) is 13.0. The molecule has 0 aliphatic heterocycles. The van der Waals surface area contributed by atoms with Gasteiger partial charge in [-0.1, -0.05) is 0 Å². The van der Waals surface area contributed by atoms with Gasteiger partial charge in [0.15, 0.2) is 0 Å². The van der Waals surface area contributed by atoms with Gasteiger partial charge in [-0.25, -0.2) is 0 Å². The fraction of sp³-hybridized carbons (Fsp3) is 0. The summed E-state index contributed by atoms with van der Waals surface area (Å²) in [5.41, 5.74) is 1.36. The van der Waals surface area contributed by atoms with E-state index in [0.29, 0.717) is 24.8 Å². The minimum atomic E-state index is 0.464. The molecule has 2 aromatic rings. The summed E-state index contributed by atoms with van der Waals surface area (Å²) in [6.45, 7) is 0. The Bertz CT molecular complexity index is 548. The van der Waals surface area contributed by atoms with Crippen molar-refractivity contribution in [1.29, 1.82) is 0 Å². The molecule has 1 heterocycles. The minimum absolute atomic E-state index is 0.464. The van der Waals surface area contributed by atoms with E-state index in [1.165, 1.54) is 0 Å². The van der Waals surface area contributed by atoms with Crippen LogP contribution >= 0.6 is 23.2 Å². The van der Waals surface area contributed by atoms with Crippen LogP contribution in [0, 0.1) is 0 Å². The fourth-order valence-corrected chi connectivity index (χ4v) is 2.78. The van der Waals surface area contributed by atoms with Crippen molar-refractivity contribution in [2.24, 2.45) is 0 Å². The number of rotatable bonds is 1. The Morgan fingerprint density at radius 3 is 2.50 bits per heavy atom. The van der Waals surface area contributed by atoms with E-state index >= 15 is 0 Å². The van der Waals surface area contributed by atoms with Crippen molar-refractivity contribution in [1.82, 2.24) is 15.2 Å². The third-order valence-corrected chi connectivity index (χ3v) is 3.73. The Hall–Kier alpha value is -0.0731. The molecular weight excluding hydrogens is 371 g/mol. The maximum atomic E-state index is 6.10. The van der Waals surface area contributed by atoms with Crippen LogP contribution in [0.3, 0.4) is 0 Å². The van der Waals surface area contributed by atoms with E-state index in [9.17, 15) is 0 Å². The molecule has 1 aromatic heterocycles. The molecule has 0 unspecified atom stereocenters. The van der Waals surface area contributed by atoms with Crippen molar-refractivity contribution in [3.63, 3.8) is 0 Å². The van der Waals surface area contributed by atoms with E-state index in [0.717, 1.165) is 5.56 Å². The molecule has 0 fully saturated rings. The summed E-state index contributed by atoms with van der Waals surface area (Å²) in [6, 6.07) is 5.37. The van der Waals surface area contributed by atoms with Crippen LogP contribution < -0.4 is 9.09 Å². The van der Waals surface area contributed by atoms with Gasteiger partial charge in [-0.05, 0) is 0 Å². The zero-order valence-electron chi connectivity index (χ0n) is 7.72. The molecule has 0 saturated carbocycles. The molecule has 0 saturated heterocycles. The average Bonchev–Trinajstić information content (AvgIpc) is 2.23. The van der Waals surface area contributed by atoms with Gasteiger partial charge in [0, 0.05) is 0 Å². The van der Waals surface area contributed by atoms with Crippen molar-refractivity contribution in [2.75, 3.05) is 0 Å². The molecule has 78 valence electrons. The molecule has 0 amide bonds. The molecular formula is C9H3As2Cl2N3. The second-order valence-electron chi connectivity index (χ2n) is 2.89. The number of aromatic nitrogens is 3. The quantitative estimate of drug-likeness (QED) is 0.681. The van der Waals surface area contributed by atoms with Gasteiger partial charge in [-0.2, -0.15) is 0 Å². The molecule has 0 aliphatic carbocycles. The van der Waals surface area contributed by atoms with Gasteiger partial charge in [0.2, 0.25) is 0 Å². The molecule has 7 heteroatoms. The number of nitrogens with zero attached hydrogens (tertiary/aromatic N) is 3. The third-order valence-electron chi connectivity index (χ3n) is 1.86. The van der Waals surface area contributed by atoms with E-state index in [2.05, 4.69) is 48.9 Å². The van der Waals surface area contributed by atoms with E-state index in [-0.39, 0.29) is 0 Å². The van der Waals surface area contributed by atoms with Crippen LogP contribution in [0.5, 0.6) is 0 Å². The predicted octanol–water partition coefficient (Wildman–Crippen LogP) is 0.433. The van der Waals surface area contributed by atoms with Gasteiger partial charge in [0.25, 0.3) is 0 Å². The van der Waals surface area contributed by atoms with Crippen LogP contribution in [0.2, 0.25) is 10.0 Å². The van der Waals surface area contributed by atoms with Crippen molar-refractivity contribution < 1.29 is 0 Å². The van der Waals surface area contributed by atoms with E-state index < -0.39 is 0 Å². The second kappa shape index (κ2) is 5.06. The van der Waals surface area contributed by atoms with Crippen LogP contribution in [-0.4, -0.2) is 48.9 Å². The summed E-state index contributed by atoms with van der Waals surface area (Å²) in [4.78, 5) is 4.19. The SMILES string of the molecule is Clc1cccc(-c2nnc([As])nc2[As])c1Cl. The molecule has 0 atom stereocenters. The van der Waals surface area contributed by atoms with Crippen molar-refractivity contribution in [2.45, 2.75) is 0 Å². The summed E-state index contributed by atoms with van der Waals surface area (Å²) >= 11 is 16.6. The Kier molecular flexibility index (Phi) is 3.91. The van der Waals surface area contributed by atoms with Gasteiger partial charge in [0.1, 0.15) is 0 Å². The molecule has 3 nitrogen and oxygen atoms in total. The number of benzene rings is 1. The van der Waals surface area contributed by atoms with Crippen LogP contribution in [0.4, 0.5) is 0 Å². The monoisotopic (exact) mass is 373 g/mol. The van der Waals surface area contributed by atoms with Crippen molar-refractivity contribution in [3.05, 3.63) is 28.2 Å². The van der Waals surface area contributed by atoms with Crippen LogP contribution in [0.15, 0.2) is 18.2 Å². The van der Waals surface area contributed by atoms with E-state index in [1.54, 1.807) is 6.07 Å². The Balaban J connectivity index is 2.63. The first kappa shape index (κ1) is 12.4. The molecule has 0 aliphatic rings. The van der Waals surface area contributed by atoms with Crippen LogP contribution in [0.25, 0.3) is 11.3 Å². The van der Waals surface area contributed by atoms with Gasteiger partial charge in [-0.15, -0.1) is 0 Å². The maximum absolute atomic E-state index is 6.10. The van der Waals surface area contributed by atoms with Crippen molar-refractivity contribution in [3.8, 4) is 11.3 Å². The Labute approximate surface area is 120 Å². The van der Waals surface area contributed by atoms with Gasteiger partial charge >= 0.3 is 121 Å². The molecule has 16 heavy (non-hydrogen) atoms. The summed E-state index contributed by atoms with van der Waals surface area (Å²) in [6.07, 6.45) is 0. The normalized spacial score (nSPS) is 10.5. The first-order chi connectivity index (χ1) is 7.59. The molecule has 4 radical (unpaired) electrons. The topological polar surface area (TPSA) is 38.7 Å². The fourth-order valence-electron chi connectivity index (χ4n) is 1.17. The molecule has 0 spiro atoms. The summed E-state index contributed by atoms with van der Waals surface area (Å²) in [7, 11) is 0. The van der Waals surface area contributed by atoms with Gasteiger partial charge in [0.05, 0.1) is 0 Å². The first-order valence-electron chi connectivity index (χ1n) is 4.16. The second-order valence-corrected chi connectivity index (χ2v) is 5.40. The Morgan fingerprint density at radius 2 is 1.81 bits per heavy atom. The molecule has 1 aromatic carbocycles. The predicted molar refractivity (Wildman–Crippen MR) is 66.1 cm³/mol. The zero-order chi connectivity index (χ0) is 11.7. The molecule has 2 rings (SSSR count). The van der Waals surface area contributed by atoms with E-state index in [4.69, 9.17) is 23.2 Å².